The van der Waals surface area contributed by atoms with Crippen LogP contribution in [-0.4, -0.2) is 24.2 Å². The summed E-state index contributed by atoms with van der Waals surface area (Å²) in [5.74, 6) is 0. The molecule has 1 aromatic rings. The molecule has 0 amide bonds. The fourth-order valence-electron chi connectivity index (χ4n) is 2.25. The van der Waals surface area contributed by atoms with Gasteiger partial charge in [-0.2, -0.15) is 0 Å². The van der Waals surface area contributed by atoms with E-state index in [0.29, 0.717) is 17.3 Å². The van der Waals surface area contributed by atoms with Crippen molar-refractivity contribution in [2.45, 2.75) is 44.4 Å². The van der Waals surface area contributed by atoms with Crippen molar-refractivity contribution in [3.8, 4) is 0 Å². The van der Waals surface area contributed by atoms with Crippen molar-refractivity contribution in [2.24, 2.45) is 0 Å². The predicted octanol–water partition coefficient (Wildman–Crippen LogP) is 1.77. The second kappa shape index (κ2) is 5.61. The number of nitrogen functional groups attached to an aromatic ring is 1. The lowest BCUT2D eigenvalue weighted by molar-refractivity contribution is 0.0414. The minimum atomic E-state index is 0.360. The van der Waals surface area contributed by atoms with Crippen molar-refractivity contribution < 1.29 is 4.74 Å². The zero-order valence-corrected chi connectivity index (χ0v) is 10.4. The van der Waals surface area contributed by atoms with Gasteiger partial charge in [0.25, 0.3) is 0 Å². The van der Waals surface area contributed by atoms with Crippen LogP contribution in [0.5, 0.6) is 0 Å². The summed E-state index contributed by atoms with van der Waals surface area (Å²) < 4.78 is 5.50. The number of nitrogens with two attached hydrogens (primary N) is 1. The van der Waals surface area contributed by atoms with E-state index < -0.39 is 0 Å². The van der Waals surface area contributed by atoms with E-state index in [0.717, 1.165) is 6.54 Å². The Morgan fingerprint density at radius 1 is 1.56 bits per heavy atom. The van der Waals surface area contributed by atoms with Crippen molar-refractivity contribution in [3.63, 3.8) is 0 Å². The number of aromatic nitrogens is 1. The van der Waals surface area contributed by atoms with Crippen LogP contribution in [0.3, 0.4) is 0 Å². The van der Waals surface area contributed by atoms with Crippen LogP contribution in [0.2, 0.25) is 0 Å². The van der Waals surface area contributed by atoms with E-state index in [-0.39, 0.29) is 0 Å². The Kier molecular flexibility index (Phi) is 4.15. The molecule has 5 heteroatoms. The maximum atomic E-state index is 5.60. The van der Waals surface area contributed by atoms with Gasteiger partial charge in [-0.1, -0.05) is 12.8 Å². The summed E-state index contributed by atoms with van der Waals surface area (Å²) in [6.07, 6.45) is 7.15. The van der Waals surface area contributed by atoms with Gasteiger partial charge in [0.2, 0.25) is 0 Å². The summed E-state index contributed by atoms with van der Waals surface area (Å²) in [5.41, 5.74) is 5.60. The lowest BCUT2D eigenvalue weighted by Crippen LogP contribution is -2.42. The SMILES string of the molecule is COC1CCCCC1NCc1cnc(N)s1. The molecular weight excluding hydrogens is 222 g/mol. The fourth-order valence-corrected chi connectivity index (χ4v) is 2.88. The molecule has 2 unspecified atom stereocenters. The molecule has 0 saturated heterocycles. The molecule has 0 aromatic carbocycles. The summed E-state index contributed by atoms with van der Waals surface area (Å²) in [6, 6.07) is 0.474. The average molecular weight is 241 g/mol. The van der Waals surface area contributed by atoms with Crippen molar-refractivity contribution in [3.05, 3.63) is 11.1 Å². The first-order chi connectivity index (χ1) is 7.79. The largest absolute Gasteiger partial charge is 0.380 e. The molecular formula is C11H19N3OS. The summed E-state index contributed by atoms with van der Waals surface area (Å²) in [4.78, 5) is 5.24. The van der Waals surface area contributed by atoms with Gasteiger partial charge < -0.3 is 15.8 Å². The first-order valence-electron chi connectivity index (χ1n) is 5.76. The Labute approximate surface area is 100 Å². The van der Waals surface area contributed by atoms with Gasteiger partial charge in [0.1, 0.15) is 0 Å². The van der Waals surface area contributed by atoms with Gasteiger partial charge in [-0.15, -0.1) is 11.3 Å². The number of nitrogens with one attached hydrogen (secondary N) is 1. The van der Waals surface area contributed by atoms with Crippen LogP contribution >= 0.6 is 11.3 Å². The quantitative estimate of drug-likeness (QED) is 0.843. The first kappa shape index (κ1) is 11.8. The van der Waals surface area contributed by atoms with Crippen LogP contribution in [0, 0.1) is 0 Å². The number of ether oxygens (including phenoxy) is 1. The minimum Gasteiger partial charge on any atom is -0.380 e. The first-order valence-corrected chi connectivity index (χ1v) is 6.57. The van der Waals surface area contributed by atoms with E-state index in [4.69, 9.17) is 10.5 Å². The molecule has 4 nitrogen and oxygen atoms in total. The number of rotatable bonds is 4. The van der Waals surface area contributed by atoms with Gasteiger partial charge in [0.05, 0.1) is 6.10 Å². The Hall–Kier alpha value is -0.650. The van der Waals surface area contributed by atoms with Gasteiger partial charge in [0.15, 0.2) is 5.13 Å². The van der Waals surface area contributed by atoms with E-state index in [1.54, 1.807) is 18.4 Å². The van der Waals surface area contributed by atoms with Crippen molar-refractivity contribution in [2.75, 3.05) is 12.8 Å². The topological polar surface area (TPSA) is 60.2 Å². The second-order valence-corrected chi connectivity index (χ2v) is 5.36. The van der Waals surface area contributed by atoms with E-state index in [1.807, 2.05) is 6.20 Å². The van der Waals surface area contributed by atoms with Crippen LogP contribution in [0.15, 0.2) is 6.20 Å². The third-order valence-electron chi connectivity index (χ3n) is 3.12. The standard InChI is InChI=1S/C11H19N3OS/c1-15-10-5-3-2-4-9(10)13-6-8-7-14-11(12)16-8/h7,9-10,13H,2-6H2,1H3,(H2,12,14). The van der Waals surface area contributed by atoms with E-state index >= 15 is 0 Å². The van der Waals surface area contributed by atoms with E-state index in [2.05, 4.69) is 10.3 Å². The number of hydrogen-bond acceptors (Lipinski definition) is 5. The van der Waals surface area contributed by atoms with Crippen LogP contribution in [0.1, 0.15) is 30.6 Å². The highest BCUT2D eigenvalue weighted by molar-refractivity contribution is 7.15. The molecule has 1 aliphatic rings. The fraction of sp³-hybridized carbons (Fsp3) is 0.727. The predicted molar refractivity (Wildman–Crippen MR) is 66.4 cm³/mol. The van der Waals surface area contributed by atoms with Gasteiger partial charge in [-0.25, -0.2) is 4.98 Å². The maximum Gasteiger partial charge on any atom is 0.180 e. The Balaban J connectivity index is 1.84. The highest BCUT2D eigenvalue weighted by atomic mass is 32.1. The second-order valence-electron chi connectivity index (χ2n) is 4.21. The highest BCUT2D eigenvalue weighted by Gasteiger charge is 2.24. The summed E-state index contributed by atoms with van der Waals surface area (Å²) in [7, 11) is 1.80. The number of methoxy groups -OCH3 is 1. The summed E-state index contributed by atoms with van der Waals surface area (Å²) in [5, 5.41) is 4.18. The summed E-state index contributed by atoms with van der Waals surface area (Å²) in [6.45, 7) is 0.847. The Morgan fingerprint density at radius 3 is 3.06 bits per heavy atom. The number of anilines is 1. The number of thiazole rings is 1. The Morgan fingerprint density at radius 2 is 2.38 bits per heavy atom. The van der Waals surface area contributed by atoms with Crippen LogP contribution in [-0.2, 0) is 11.3 Å². The van der Waals surface area contributed by atoms with E-state index in [9.17, 15) is 0 Å². The molecule has 0 spiro atoms. The molecule has 1 aromatic heterocycles. The van der Waals surface area contributed by atoms with Crippen molar-refractivity contribution >= 4 is 16.5 Å². The Bertz CT molecular complexity index is 329. The van der Waals surface area contributed by atoms with Gasteiger partial charge in [0, 0.05) is 30.8 Å². The molecule has 1 fully saturated rings. The molecule has 2 rings (SSSR count). The lowest BCUT2D eigenvalue weighted by Gasteiger charge is -2.31. The van der Waals surface area contributed by atoms with Crippen LogP contribution in [0.25, 0.3) is 0 Å². The molecule has 90 valence electrons. The lowest BCUT2D eigenvalue weighted by atomic mass is 9.92. The molecule has 2 atom stereocenters. The molecule has 1 heterocycles. The molecule has 0 radical (unpaired) electrons. The highest BCUT2D eigenvalue weighted by Crippen LogP contribution is 2.22. The zero-order chi connectivity index (χ0) is 11.4. The van der Waals surface area contributed by atoms with Crippen LogP contribution in [0.4, 0.5) is 5.13 Å². The smallest absolute Gasteiger partial charge is 0.180 e. The molecule has 0 bridgehead atoms. The van der Waals surface area contributed by atoms with E-state index in [1.165, 1.54) is 30.6 Å². The average Bonchev–Trinajstić information content (AvgIpc) is 2.73. The van der Waals surface area contributed by atoms with Gasteiger partial charge in [-0.05, 0) is 12.8 Å². The molecule has 1 saturated carbocycles. The zero-order valence-electron chi connectivity index (χ0n) is 9.61. The normalized spacial score (nSPS) is 25.8. The van der Waals surface area contributed by atoms with Crippen molar-refractivity contribution in [1.82, 2.24) is 10.3 Å². The molecule has 16 heavy (non-hydrogen) atoms. The van der Waals surface area contributed by atoms with Gasteiger partial charge in [-0.3, -0.25) is 0 Å². The molecule has 1 aliphatic carbocycles. The third kappa shape index (κ3) is 2.93. The number of nitrogens with zero attached hydrogens (tertiary/aromatic N) is 1. The molecule has 3 N–H and O–H groups in total. The van der Waals surface area contributed by atoms with Crippen LogP contribution < -0.4 is 11.1 Å². The maximum absolute atomic E-state index is 5.60. The molecule has 0 aliphatic heterocycles. The van der Waals surface area contributed by atoms with Gasteiger partial charge >= 0.3 is 0 Å². The minimum absolute atomic E-state index is 0.360. The van der Waals surface area contributed by atoms with Crippen molar-refractivity contribution in [1.29, 1.82) is 0 Å². The number of hydrogen-bond donors (Lipinski definition) is 2. The summed E-state index contributed by atoms with van der Waals surface area (Å²) >= 11 is 1.55. The monoisotopic (exact) mass is 241 g/mol. The third-order valence-corrected chi connectivity index (χ3v) is 3.94.